The summed E-state index contributed by atoms with van der Waals surface area (Å²) in [7, 11) is 0. The highest BCUT2D eigenvalue weighted by Gasteiger charge is 2.04. The molecule has 1 aromatic rings. The smallest absolute Gasteiger partial charge is 0.228 e. The number of rotatable bonds is 12. The van der Waals surface area contributed by atoms with Crippen molar-refractivity contribution in [1.82, 2.24) is 15.0 Å². The van der Waals surface area contributed by atoms with Gasteiger partial charge in [-0.15, -0.1) is 0 Å². The molecule has 0 atom stereocenters. The van der Waals surface area contributed by atoms with E-state index in [4.69, 9.17) is 11.6 Å². The van der Waals surface area contributed by atoms with E-state index in [-0.39, 0.29) is 5.28 Å². The number of anilines is 2. The van der Waals surface area contributed by atoms with Crippen LogP contribution in [0.1, 0.15) is 65.2 Å². The summed E-state index contributed by atoms with van der Waals surface area (Å²) in [5.74, 6) is 1.12. The molecule has 0 saturated carbocycles. The molecule has 0 aliphatic rings. The highest BCUT2D eigenvalue weighted by molar-refractivity contribution is 6.28. The molecule has 0 unspecified atom stereocenters. The first-order chi connectivity index (χ1) is 10.3. The van der Waals surface area contributed by atoms with E-state index in [9.17, 15) is 0 Å². The molecule has 0 aliphatic carbocycles. The lowest BCUT2D eigenvalue weighted by Gasteiger charge is -2.08. The van der Waals surface area contributed by atoms with Crippen molar-refractivity contribution in [1.29, 1.82) is 0 Å². The molecule has 21 heavy (non-hydrogen) atoms. The maximum absolute atomic E-state index is 5.93. The van der Waals surface area contributed by atoms with Gasteiger partial charge in [0.25, 0.3) is 0 Å². The first kappa shape index (κ1) is 18.0. The predicted octanol–water partition coefficient (Wildman–Crippen LogP) is 4.51. The van der Waals surface area contributed by atoms with E-state index in [2.05, 4.69) is 39.4 Å². The fourth-order valence-electron chi connectivity index (χ4n) is 2.01. The number of hydrogen-bond donors (Lipinski definition) is 2. The molecule has 0 radical (unpaired) electrons. The minimum absolute atomic E-state index is 0.233. The van der Waals surface area contributed by atoms with Crippen LogP contribution in [0.3, 0.4) is 0 Å². The van der Waals surface area contributed by atoms with Crippen LogP contribution in [0.4, 0.5) is 11.9 Å². The SMILES string of the molecule is CCCCCCNc1nc(Cl)nc(NCCCCCC)n1. The van der Waals surface area contributed by atoms with Crippen molar-refractivity contribution in [3.63, 3.8) is 0 Å². The normalized spacial score (nSPS) is 10.6. The average Bonchev–Trinajstić information content (AvgIpc) is 2.46. The van der Waals surface area contributed by atoms with Crippen molar-refractivity contribution in [3.05, 3.63) is 5.28 Å². The van der Waals surface area contributed by atoms with E-state index in [1.807, 2.05) is 0 Å². The van der Waals surface area contributed by atoms with Gasteiger partial charge in [0.05, 0.1) is 0 Å². The lowest BCUT2D eigenvalue weighted by molar-refractivity contribution is 0.681. The topological polar surface area (TPSA) is 62.7 Å². The Kier molecular flexibility index (Phi) is 9.87. The van der Waals surface area contributed by atoms with Gasteiger partial charge in [0, 0.05) is 13.1 Å². The van der Waals surface area contributed by atoms with Gasteiger partial charge in [-0.1, -0.05) is 52.4 Å². The lowest BCUT2D eigenvalue weighted by atomic mass is 10.2. The van der Waals surface area contributed by atoms with Gasteiger partial charge in [-0.2, -0.15) is 15.0 Å². The number of hydrogen-bond acceptors (Lipinski definition) is 5. The Morgan fingerprint density at radius 3 is 1.62 bits per heavy atom. The zero-order chi connectivity index (χ0) is 15.3. The van der Waals surface area contributed by atoms with Crippen molar-refractivity contribution in [3.8, 4) is 0 Å². The second-order valence-corrected chi connectivity index (χ2v) is 5.56. The molecule has 0 bridgehead atoms. The zero-order valence-corrected chi connectivity index (χ0v) is 14.0. The number of nitrogens with one attached hydrogen (secondary N) is 2. The molecule has 5 nitrogen and oxygen atoms in total. The molecule has 120 valence electrons. The van der Waals surface area contributed by atoms with Crippen LogP contribution >= 0.6 is 11.6 Å². The van der Waals surface area contributed by atoms with Crippen LogP contribution in [0, 0.1) is 0 Å². The van der Waals surface area contributed by atoms with E-state index in [0.717, 1.165) is 25.9 Å². The molecule has 0 saturated heterocycles. The van der Waals surface area contributed by atoms with Crippen molar-refractivity contribution in [2.24, 2.45) is 0 Å². The van der Waals surface area contributed by atoms with Crippen LogP contribution in [0.2, 0.25) is 5.28 Å². The molecule has 0 amide bonds. The molecule has 1 aromatic heterocycles. The lowest BCUT2D eigenvalue weighted by Crippen LogP contribution is -2.11. The van der Waals surface area contributed by atoms with Crippen molar-refractivity contribution in [2.75, 3.05) is 23.7 Å². The summed E-state index contributed by atoms with van der Waals surface area (Å²) in [6.07, 6.45) is 9.71. The molecule has 1 rings (SSSR count). The zero-order valence-electron chi connectivity index (χ0n) is 13.3. The predicted molar refractivity (Wildman–Crippen MR) is 90.1 cm³/mol. The van der Waals surface area contributed by atoms with E-state index in [1.54, 1.807) is 0 Å². The third-order valence-electron chi connectivity index (χ3n) is 3.24. The van der Waals surface area contributed by atoms with Gasteiger partial charge in [0.2, 0.25) is 17.2 Å². The van der Waals surface area contributed by atoms with E-state index < -0.39 is 0 Å². The Morgan fingerprint density at radius 1 is 0.714 bits per heavy atom. The maximum atomic E-state index is 5.93. The van der Waals surface area contributed by atoms with Crippen molar-refractivity contribution in [2.45, 2.75) is 65.2 Å². The Hall–Kier alpha value is -1.10. The number of aromatic nitrogens is 3. The van der Waals surface area contributed by atoms with Gasteiger partial charge < -0.3 is 10.6 Å². The number of halogens is 1. The summed E-state index contributed by atoms with van der Waals surface area (Å²) in [6, 6.07) is 0. The second-order valence-electron chi connectivity index (χ2n) is 5.23. The van der Waals surface area contributed by atoms with Crippen LogP contribution < -0.4 is 10.6 Å². The summed E-state index contributed by atoms with van der Waals surface area (Å²) in [5.41, 5.74) is 0. The fraction of sp³-hybridized carbons (Fsp3) is 0.800. The summed E-state index contributed by atoms with van der Waals surface area (Å²) < 4.78 is 0. The van der Waals surface area contributed by atoms with Gasteiger partial charge in [-0.25, -0.2) is 0 Å². The van der Waals surface area contributed by atoms with Crippen LogP contribution in [0.5, 0.6) is 0 Å². The first-order valence-corrected chi connectivity index (χ1v) is 8.53. The van der Waals surface area contributed by atoms with E-state index in [0.29, 0.717) is 11.9 Å². The summed E-state index contributed by atoms with van der Waals surface area (Å²) in [5, 5.41) is 6.65. The quantitative estimate of drug-likeness (QED) is 0.556. The van der Waals surface area contributed by atoms with Crippen LogP contribution in [0.25, 0.3) is 0 Å². The number of unbranched alkanes of at least 4 members (excludes halogenated alkanes) is 6. The van der Waals surface area contributed by atoms with Crippen LogP contribution in [0.15, 0.2) is 0 Å². The highest BCUT2D eigenvalue weighted by Crippen LogP contribution is 2.10. The fourth-order valence-corrected chi connectivity index (χ4v) is 2.17. The van der Waals surface area contributed by atoms with Crippen LogP contribution in [-0.2, 0) is 0 Å². The standard InChI is InChI=1S/C15H28ClN5/c1-3-5-7-9-11-17-14-19-13(16)20-15(21-14)18-12-10-8-6-4-2/h3-12H2,1-2H3,(H2,17,18,19,20,21). The van der Waals surface area contributed by atoms with Gasteiger partial charge in [-0.05, 0) is 24.4 Å². The Morgan fingerprint density at radius 2 is 1.19 bits per heavy atom. The van der Waals surface area contributed by atoms with Crippen LogP contribution in [-0.4, -0.2) is 28.0 Å². The molecule has 0 fully saturated rings. The van der Waals surface area contributed by atoms with Gasteiger partial charge >= 0.3 is 0 Å². The molecular formula is C15H28ClN5. The van der Waals surface area contributed by atoms with E-state index >= 15 is 0 Å². The molecule has 1 heterocycles. The number of nitrogens with zero attached hydrogens (tertiary/aromatic N) is 3. The van der Waals surface area contributed by atoms with Gasteiger partial charge in [0.1, 0.15) is 0 Å². The molecular weight excluding hydrogens is 286 g/mol. The maximum Gasteiger partial charge on any atom is 0.228 e. The minimum atomic E-state index is 0.233. The van der Waals surface area contributed by atoms with Crippen molar-refractivity contribution < 1.29 is 0 Å². The third-order valence-corrected chi connectivity index (χ3v) is 3.40. The molecule has 0 aliphatic heterocycles. The van der Waals surface area contributed by atoms with E-state index in [1.165, 1.54) is 38.5 Å². The summed E-state index contributed by atoms with van der Waals surface area (Å²) in [6.45, 7) is 6.15. The first-order valence-electron chi connectivity index (χ1n) is 8.15. The highest BCUT2D eigenvalue weighted by atomic mass is 35.5. The molecule has 0 aromatic carbocycles. The molecule has 6 heteroatoms. The largest absolute Gasteiger partial charge is 0.354 e. The Labute approximate surface area is 133 Å². The van der Waals surface area contributed by atoms with Gasteiger partial charge in [-0.3, -0.25) is 0 Å². The summed E-state index contributed by atoms with van der Waals surface area (Å²) >= 11 is 5.93. The monoisotopic (exact) mass is 313 g/mol. The molecule has 0 spiro atoms. The Bertz CT molecular complexity index is 354. The second kappa shape index (κ2) is 11.5. The van der Waals surface area contributed by atoms with Gasteiger partial charge in [0.15, 0.2) is 0 Å². The van der Waals surface area contributed by atoms with Crippen molar-refractivity contribution >= 4 is 23.5 Å². The summed E-state index contributed by atoms with van der Waals surface area (Å²) in [4.78, 5) is 12.5. The average molecular weight is 314 g/mol. The Balaban J connectivity index is 2.32. The minimum Gasteiger partial charge on any atom is -0.354 e. The molecule has 2 N–H and O–H groups in total. The third kappa shape index (κ3) is 8.71.